The maximum atomic E-state index is 11.3. The smallest absolute Gasteiger partial charge is 0.356 e. The van der Waals surface area contributed by atoms with Crippen molar-refractivity contribution < 1.29 is 39.1 Å². The fourth-order valence-electron chi connectivity index (χ4n) is 3.99. The lowest BCUT2D eigenvalue weighted by Gasteiger charge is -2.20. The van der Waals surface area contributed by atoms with Crippen LogP contribution in [0.15, 0.2) is 6.20 Å². The Kier molecular flexibility index (Phi) is 7.01. The van der Waals surface area contributed by atoms with E-state index in [1.807, 2.05) is 0 Å². The molecule has 0 radical (unpaired) electrons. The lowest BCUT2D eigenvalue weighted by molar-refractivity contribution is -0.0807. The Morgan fingerprint density at radius 2 is 2.00 bits per heavy atom. The van der Waals surface area contributed by atoms with Crippen LogP contribution in [0.1, 0.15) is 31.9 Å². The topological polar surface area (TPSA) is 192 Å². The number of aromatic nitrogens is 4. The van der Waals surface area contributed by atoms with Crippen molar-refractivity contribution in [2.45, 2.75) is 62.1 Å². The molecule has 2 aromatic rings. The summed E-state index contributed by atoms with van der Waals surface area (Å²) in [5.74, 6) is -1.26. The van der Waals surface area contributed by atoms with E-state index in [-0.39, 0.29) is 17.0 Å². The van der Waals surface area contributed by atoms with Crippen LogP contribution in [-0.2, 0) is 14.0 Å². The van der Waals surface area contributed by atoms with Crippen molar-refractivity contribution in [2.24, 2.45) is 0 Å². The zero-order valence-corrected chi connectivity index (χ0v) is 18.5. The maximum absolute atomic E-state index is 11.3. The highest BCUT2D eigenvalue weighted by atomic mass is 35.5. The summed E-state index contributed by atoms with van der Waals surface area (Å²) in [5.41, 5.74) is 0.284. The zero-order valence-electron chi connectivity index (χ0n) is 16.9. The van der Waals surface area contributed by atoms with Gasteiger partial charge < -0.3 is 39.9 Å². The minimum atomic E-state index is -4.72. The normalized spacial score (nSPS) is 27.9. The summed E-state index contributed by atoms with van der Waals surface area (Å²) in [6.45, 7) is -1.40. The Morgan fingerprint density at radius 1 is 1.28 bits per heavy atom. The van der Waals surface area contributed by atoms with Gasteiger partial charge in [-0.3, -0.25) is 4.57 Å². The van der Waals surface area contributed by atoms with Crippen molar-refractivity contribution in [2.75, 3.05) is 18.5 Å². The summed E-state index contributed by atoms with van der Waals surface area (Å²) >= 11 is 6.11. The fraction of sp³-hybridized carbons (Fsp3) is 0.706. The van der Waals surface area contributed by atoms with E-state index in [1.54, 1.807) is 0 Å². The maximum Gasteiger partial charge on any atom is 0.356 e. The first-order valence-electron chi connectivity index (χ1n) is 10.2. The summed E-state index contributed by atoms with van der Waals surface area (Å²) in [7, 11) is -4.72. The summed E-state index contributed by atoms with van der Waals surface area (Å²) in [5, 5.41) is 38.1. The Labute approximate surface area is 187 Å². The molecular formula is C17H25ClN5O8P. The molecule has 1 saturated heterocycles. The van der Waals surface area contributed by atoms with Crippen LogP contribution in [-0.4, -0.2) is 88.3 Å². The van der Waals surface area contributed by atoms with Crippen LogP contribution >= 0.6 is 19.2 Å². The van der Waals surface area contributed by atoms with Crippen LogP contribution < -0.4 is 5.32 Å². The number of hydrogen-bond acceptors (Lipinski definition) is 10. The van der Waals surface area contributed by atoms with Crippen LogP contribution in [0.2, 0.25) is 5.28 Å². The molecule has 2 fully saturated rings. The first kappa shape index (κ1) is 23.7. The first-order chi connectivity index (χ1) is 15.2. The number of anilines is 1. The number of nitrogens with one attached hydrogen (secondary N) is 1. The van der Waals surface area contributed by atoms with E-state index in [0.29, 0.717) is 11.2 Å². The Morgan fingerprint density at radius 3 is 2.66 bits per heavy atom. The standard InChI is InChI=1S/C17H25ClN5O8P/c18-17-21-14(20-8-3-1-2-4-8)9-5-19-23(15(9)22-17)16-13(26)12(25)10(31-16)7-30-11(6-24)32(27,28)29/h5,8,10-13,16,24-26H,1-4,6-7H2,(H,20,21,22)(H2,27,28,29)/t10-,11-,12-,13-,16-/m1/s1. The quantitative estimate of drug-likeness (QED) is 0.213. The monoisotopic (exact) mass is 493 g/mol. The highest BCUT2D eigenvalue weighted by Gasteiger charge is 2.46. The van der Waals surface area contributed by atoms with Gasteiger partial charge in [0, 0.05) is 6.04 Å². The molecule has 15 heteroatoms. The fourth-order valence-corrected chi connectivity index (χ4v) is 4.65. The number of halogens is 1. The average molecular weight is 494 g/mol. The Bertz CT molecular complexity index is 999. The lowest BCUT2D eigenvalue weighted by Crippen LogP contribution is -2.35. The molecule has 0 aromatic carbocycles. The van der Waals surface area contributed by atoms with Crippen molar-refractivity contribution in [3.05, 3.63) is 11.5 Å². The lowest BCUT2D eigenvalue weighted by atomic mass is 10.1. The molecule has 6 N–H and O–H groups in total. The van der Waals surface area contributed by atoms with Gasteiger partial charge >= 0.3 is 7.60 Å². The van der Waals surface area contributed by atoms with Crippen molar-refractivity contribution >= 4 is 36.0 Å². The van der Waals surface area contributed by atoms with Crippen LogP contribution in [0.5, 0.6) is 0 Å². The second-order valence-corrected chi connectivity index (χ2v) is 9.99. The number of aliphatic hydroxyl groups excluding tert-OH is 3. The summed E-state index contributed by atoms with van der Waals surface area (Å²) in [4.78, 5) is 26.8. The molecule has 0 unspecified atom stereocenters. The summed E-state index contributed by atoms with van der Waals surface area (Å²) in [6, 6.07) is 0.262. The predicted molar refractivity (Wildman–Crippen MR) is 111 cm³/mol. The van der Waals surface area contributed by atoms with Gasteiger partial charge in [-0.15, -0.1) is 0 Å². The molecule has 1 aliphatic heterocycles. The summed E-state index contributed by atoms with van der Waals surface area (Å²) in [6.07, 6.45) is 0.608. The van der Waals surface area contributed by atoms with Crippen molar-refractivity contribution in [1.29, 1.82) is 0 Å². The molecule has 1 aliphatic carbocycles. The Balaban J connectivity index is 1.54. The molecule has 2 aromatic heterocycles. The average Bonchev–Trinajstić information content (AvgIpc) is 3.44. The van der Waals surface area contributed by atoms with E-state index < -0.39 is 51.2 Å². The summed E-state index contributed by atoms with van der Waals surface area (Å²) < 4.78 is 23.3. The van der Waals surface area contributed by atoms with Gasteiger partial charge in [-0.25, -0.2) is 4.68 Å². The molecule has 0 amide bonds. The van der Waals surface area contributed by atoms with Gasteiger partial charge in [-0.2, -0.15) is 15.1 Å². The van der Waals surface area contributed by atoms with Crippen LogP contribution in [0.4, 0.5) is 5.82 Å². The molecule has 5 atom stereocenters. The third kappa shape index (κ3) is 4.76. The first-order valence-corrected chi connectivity index (χ1v) is 12.2. The van der Waals surface area contributed by atoms with E-state index in [9.17, 15) is 24.6 Å². The number of rotatable bonds is 8. The third-order valence-corrected chi connectivity index (χ3v) is 6.92. The van der Waals surface area contributed by atoms with Gasteiger partial charge in [-0.05, 0) is 24.4 Å². The molecule has 4 rings (SSSR count). The van der Waals surface area contributed by atoms with Crippen LogP contribution in [0, 0.1) is 0 Å². The number of aliphatic hydroxyl groups is 3. The van der Waals surface area contributed by atoms with Gasteiger partial charge in [0.05, 0.1) is 24.8 Å². The molecule has 13 nitrogen and oxygen atoms in total. The van der Waals surface area contributed by atoms with Gasteiger partial charge in [-0.1, -0.05) is 12.8 Å². The van der Waals surface area contributed by atoms with E-state index in [0.717, 1.165) is 25.7 Å². The number of hydrogen-bond donors (Lipinski definition) is 6. The molecule has 32 heavy (non-hydrogen) atoms. The van der Waals surface area contributed by atoms with E-state index in [1.165, 1.54) is 10.9 Å². The van der Waals surface area contributed by atoms with Gasteiger partial charge in [0.25, 0.3) is 0 Å². The molecule has 0 bridgehead atoms. The van der Waals surface area contributed by atoms with Gasteiger partial charge in [0.2, 0.25) is 5.28 Å². The minimum Gasteiger partial charge on any atom is -0.393 e. The predicted octanol–water partition coefficient (Wildman–Crippen LogP) is -0.0339. The second kappa shape index (κ2) is 9.45. The minimum absolute atomic E-state index is 0.0277. The highest BCUT2D eigenvalue weighted by Crippen LogP contribution is 2.42. The molecule has 178 valence electrons. The van der Waals surface area contributed by atoms with Gasteiger partial charge in [0.15, 0.2) is 17.7 Å². The van der Waals surface area contributed by atoms with E-state index >= 15 is 0 Å². The number of fused-ring (bicyclic) bond motifs is 1. The SMILES string of the molecule is O=P(O)(O)[C@H](CO)OC[C@H]1O[C@@H](n2ncc3c(NC4CCCC4)nc(Cl)nc32)[C@H](O)[C@@H]1O. The number of ether oxygens (including phenoxy) is 2. The van der Waals surface area contributed by atoms with Crippen molar-refractivity contribution in [3.63, 3.8) is 0 Å². The molecule has 1 saturated carbocycles. The largest absolute Gasteiger partial charge is 0.393 e. The van der Waals surface area contributed by atoms with Gasteiger partial charge in [0.1, 0.15) is 24.1 Å². The Hall–Kier alpha value is -1.41. The van der Waals surface area contributed by atoms with E-state index in [4.69, 9.17) is 26.2 Å². The molecule has 2 aliphatic rings. The van der Waals surface area contributed by atoms with E-state index in [2.05, 4.69) is 20.4 Å². The van der Waals surface area contributed by atoms with Crippen LogP contribution in [0.3, 0.4) is 0 Å². The van der Waals surface area contributed by atoms with Crippen molar-refractivity contribution in [1.82, 2.24) is 19.7 Å². The zero-order chi connectivity index (χ0) is 23.0. The van der Waals surface area contributed by atoms with Crippen LogP contribution in [0.25, 0.3) is 11.0 Å². The third-order valence-electron chi connectivity index (χ3n) is 5.68. The molecular weight excluding hydrogens is 469 g/mol. The molecule has 0 spiro atoms. The number of nitrogens with zero attached hydrogens (tertiary/aromatic N) is 4. The molecule has 3 heterocycles. The highest BCUT2D eigenvalue weighted by molar-refractivity contribution is 7.52. The second-order valence-electron chi connectivity index (χ2n) is 7.90. The van der Waals surface area contributed by atoms with Crippen molar-refractivity contribution in [3.8, 4) is 0 Å².